The van der Waals surface area contributed by atoms with Crippen LogP contribution in [0.25, 0.3) is 0 Å². The standard InChI is InChI=1S/C27H35NO4S/c1-2-3-4-5-6-7-8-9-10-11-14-21-17-19-22(20-18-21)26(29)25-27(30)23-15-12-13-16-24(23)33(31,32)28-25/h12-13,15-20,25,28H,2-11,14H2,1H3. The predicted octanol–water partition coefficient (Wildman–Crippen LogP) is 5.88. The first-order valence-corrected chi connectivity index (χ1v) is 13.7. The summed E-state index contributed by atoms with van der Waals surface area (Å²) < 4.78 is 27.2. The van der Waals surface area contributed by atoms with Crippen molar-refractivity contribution in [1.82, 2.24) is 4.72 Å². The number of carbonyl (C=O) groups excluding carboxylic acids is 2. The summed E-state index contributed by atoms with van der Waals surface area (Å²) in [4.78, 5) is 25.6. The van der Waals surface area contributed by atoms with Crippen LogP contribution < -0.4 is 4.72 Å². The summed E-state index contributed by atoms with van der Waals surface area (Å²) >= 11 is 0. The molecule has 5 nitrogen and oxygen atoms in total. The molecule has 0 bridgehead atoms. The fraction of sp³-hybridized carbons (Fsp3) is 0.481. The summed E-state index contributed by atoms with van der Waals surface area (Å²) in [5.41, 5.74) is 1.54. The third-order valence-electron chi connectivity index (χ3n) is 6.30. The molecule has 3 rings (SSSR count). The fourth-order valence-corrected chi connectivity index (χ4v) is 5.69. The van der Waals surface area contributed by atoms with E-state index in [0.717, 1.165) is 18.4 Å². The van der Waals surface area contributed by atoms with E-state index >= 15 is 0 Å². The molecule has 0 saturated carbocycles. The first kappa shape index (κ1) is 25.3. The Morgan fingerprint density at radius 3 is 2.03 bits per heavy atom. The Balaban J connectivity index is 1.46. The number of carbonyl (C=O) groups is 2. The molecule has 2 aromatic rings. The van der Waals surface area contributed by atoms with Crippen LogP contribution >= 0.6 is 0 Å². The highest BCUT2D eigenvalue weighted by atomic mass is 32.2. The molecule has 1 N–H and O–H groups in total. The van der Waals surface area contributed by atoms with Gasteiger partial charge >= 0.3 is 0 Å². The van der Waals surface area contributed by atoms with Gasteiger partial charge in [0.1, 0.15) is 6.04 Å². The van der Waals surface area contributed by atoms with Crippen LogP contribution in [0.15, 0.2) is 53.4 Å². The van der Waals surface area contributed by atoms with Gasteiger partial charge in [-0.15, -0.1) is 0 Å². The molecule has 0 saturated heterocycles. The van der Waals surface area contributed by atoms with Gasteiger partial charge in [0.25, 0.3) is 0 Å². The van der Waals surface area contributed by atoms with Crippen molar-refractivity contribution in [3.05, 3.63) is 65.2 Å². The van der Waals surface area contributed by atoms with E-state index in [1.54, 1.807) is 24.3 Å². The number of Topliss-reactive ketones (excluding diaryl/α,β-unsaturated/α-hetero) is 2. The molecular weight excluding hydrogens is 434 g/mol. The number of unbranched alkanes of at least 4 members (excludes halogenated alkanes) is 9. The van der Waals surface area contributed by atoms with Crippen LogP contribution in [-0.4, -0.2) is 26.0 Å². The van der Waals surface area contributed by atoms with Crippen molar-refractivity contribution in [2.24, 2.45) is 0 Å². The first-order valence-electron chi connectivity index (χ1n) is 12.2. The second-order valence-electron chi connectivity index (χ2n) is 8.91. The maximum absolute atomic E-state index is 12.9. The Labute approximate surface area is 198 Å². The lowest BCUT2D eigenvalue weighted by atomic mass is 9.95. The molecule has 2 aromatic carbocycles. The van der Waals surface area contributed by atoms with E-state index in [4.69, 9.17) is 0 Å². The van der Waals surface area contributed by atoms with Crippen LogP contribution in [0, 0.1) is 0 Å². The molecule has 6 heteroatoms. The lowest BCUT2D eigenvalue weighted by Crippen LogP contribution is -2.50. The Hall–Kier alpha value is -2.31. The second kappa shape index (κ2) is 12.2. The molecule has 33 heavy (non-hydrogen) atoms. The second-order valence-corrected chi connectivity index (χ2v) is 10.6. The molecule has 0 spiro atoms. The number of fused-ring (bicyclic) bond motifs is 1. The average molecular weight is 470 g/mol. The van der Waals surface area contributed by atoms with Crippen LogP contribution in [0.3, 0.4) is 0 Å². The van der Waals surface area contributed by atoms with Crippen LogP contribution in [0.4, 0.5) is 0 Å². The Kier molecular flexibility index (Phi) is 9.39. The number of ketones is 2. The van der Waals surface area contributed by atoms with E-state index in [1.807, 2.05) is 12.1 Å². The van der Waals surface area contributed by atoms with Crippen LogP contribution in [0.2, 0.25) is 0 Å². The maximum atomic E-state index is 12.9. The van der Waals surface area contributed by atoms with Gasteiger partial charge in [0.05, 0.1) is 4.90 Å². The molecule has 178 valence electrons. The minimum absolute atomic E-state index is 0.0622. The van der Waals surface area contributed by atoms with Crippen molar-refractivity contribution in [3.63, 3.8) is 0 Å². The summed E-state index contributed by atoms with van der Waals surface area (Å²) in [6.45, 7) is 2.24. The number of sulfonamides is 1. The van der Waals surface area contributed by atoms with Gasteiger partial charge in [-0.25, -0.2) is 8.42 Å². The molecule has 1 aliphatic rings. The van der Waals surface area contributed by atoms with E-state index in [-0.39, 0.29) is 10.5 Å². The highest BCUT2D eigenvalue weighted by molar-refractivity contribution is 7.89. The number of hydrogen-bond acceptors (Lipinski definition) is 4. The average Bonchev–Trinajstić information content (AvgIpc) is 2.83. The summed E-state index contributed by atoms with van der Waals surface area (Å²) in [5.74, 6) is -1.04. The van der Waals surface area contributed by atoms with E-state index in [2.05, 4.69) is 11.6 Å². The van der Waals surface area contributed by atoms with Crippen molar-refractivity contribution < 1.29 is 18.0 Å². The van der Waals surface area contributed by atoms with Gasteiger partial charge < -0.3 is 0 Å². The lowest BCUT2D eigenvalue weighted by Gasteiger charge is -2.23. The normalized spacial score (nSPS) is 17.0. The highest BCUT2D eigenvalue weighted by Gasteiger charge is 2.40. The van der Waals surface area contributed by atoms with Crippen molar-refractivity contribution in [2.45, 2.75) is 88.5 Å². The summed E-state index contributed by atoms with van der Waals surface area (Å²) in [6.07, 6.45) is 13.9. The monoisotopic (exact) mass is 469 g/mol. The number of aryl methyl sites for hydroxylation is 1. The maximum Gasteiger partial charge on any atom is 0.242 e. The minimum Gasteiger partial charge on any atom is -0.292 e. The van der Waals surface area contributed by atoms with E-state index in [9.17, 15) is 18.0 Å². The van der Waals surface area contributed by atoms with Crippen LogP contribution in [0.5, 0.6) is 0 Å². The van der Waals surface area contributed by atoms with Crippen molar-refractivity contribution >= 4 is 21.6 Å². The van der Waals surface area contributed by atoms with Gasteiger partial charge in [-0.3, -0.25) is 9.59 Å². The van der Waals surface area contributed by atoms with Crippen molar-refractivity contribution in [3.8, 4) is 0 Å². The van der Waals surface area contributed by atoms with Gasteiger partial charge in [0.15, 0.2) is 11.6 Å². The smallest absolute Gasteiger partial charge is 0.242 e. The molecule has 1 unspecified atom stereocenters. The third kappa shape index (κ3) is 6.84. The van der Waals surface area contributed by atoms with E-state index < -0.39 is 27.6 Å². The van der Waals surface area contributed by atoms with E-state index in [0.29, 0.717) is 5.56 Å². The zero-order chi connectivity index (χ0) is 23.7. The number of rotatable bonds is 13. The quantitative estimate of drug-likeness (QED) is 0.226. The predicted molar refractivity (Wildman–Crippen MR) is 131 cm³/mol. The number of hydrogen-bond donors (Lipinski definition) is 1. The molecule has 0 aromatic heterocycles. The topological polar surface area (TPSA) is 80.3 Å². The number of benzene rings is 2. The SMILES string of the molecule is CCCCCCCCCCCCc1ccc(C(=O)C2NS(=O)(=O)c3ccccc3C2=O)cc1. The highest BCUT2D eigenvalue weighted by Crippen LogP contribution is 2.24. The zero-order valence-corrected chi connectivity index (χ0v) is 20.3. The molecule has 0 aliphatic carbocycles. The van der Waals surface area contributed by atoms with Gasteiger partial charge in [0.2, 0.25) is 10.0 Å². The fourth-order valence-electron chi connectivity index (χ4n) is 4.32. The molecule has 0 radical (unpaired) electrons. The molecule has 0 amide bonds. The van der Waals surface area contributed by atoms with E-state index in [1.165, 1.54) is 69.9 Å². The summed E-state index contributed by atoms with van der Waals surface area (Å²) in [6, 6.07) is 11.7. The van der Waals surface area contributed by atoms with Gasteiger partial charge in [-0.2, -0.15) is 4.72 Å². The largest absolute Gasteiger partial charge is 0.292 e. The Bertz CT molecular complexity index is 1040. The number of nitrogens with one attached hydrogen (secondary N) is 1. The lowest BCUT2D eigenvalue weighted by molar-refractivity contribution is 0.0846. The van der Waals surface area contributed by atoms with Gasteiger partial charge in [-0.05, 0) is 30.5 Å². The minimum atomic E-state index is -3.90. The molecular formula is C27H35NO4S. The molecule has 1 aliphatic heterocycles. The third-order valence-corrected chi connectivity index (χ3v) is 7.78. The zero-order valence-electron chi connectivity index (χ0n) is 19.5. The van der Waals surface area contributed by atoms with Crippen molar-refractivity contribution in [1.29, 1.82) is 0 Å². The van der Waals surface area contributed by atoms with Crippen LogP contribution in [-0.2, 0) is 16.4 Å². The first-order chi connectivity index (χ1) is 15.9. The summed E-state index contributed by atoms with van der Waals surface area (Å²) in [7, 11) is -3.90. The Morgan fingerprint density at radius 2 is 1.39 bits per heavy atom. The van der Waals surface area contributed by atoms with Gasteiger partial charge in [-0.1, -0.05) is 101 Å². The van der Waals surface area contributed by atoms with Crippen LogP contribution in [0.1, 0.15) is 97.4 Å². The molecule has 1 heterocycles. The molecule has 1 atom stereocenters. The Morgan fingerprint density at radius 1 is 0.818 bits per heavy atom. The molecule has 0 fully saturated rings. The summed E-state index contributed by atoms with van der Waals surface area (Å²) in [5, 5.41) is 0. The van der Waals surface area contributed by atoms with Crippen molar-refractivity contribution in [2.75, 3.05) is 0 Å². The van der Waals surface area contributed by atoms with Gasteiger partial charge in [0, 0.05) is 11.1 Å².